The van der Waals surface area contributed by atoms with Crippen molar-refractivity contribution in [2.45, 2.75) is 74.7 Å². The third-order valence-corrected chi connectivity index (χ3v) is 5.55. The summed E-state index contributed by atoms with van der Waals surface area (Å²) >= 11 is 0. The van der Waals surface area contributed by atoms with Crippen molar-refractivity contribution in [3.8, 4) is 0 Å². The molecule has 4 unspecified atom stereocenters. The van der Waals surface area contributed by atoms with E-state index in [1.54, 1.807) is 0 Å². The van der Waals surface area contributed by atoms with Gasteiger partial charge < -0.3 is 0 Å². The zero-order valence-electron chi connectivity index (χ0n) is 12.9. The second-order valence-electron chi connectivity index (χ2n) is 6.43. The van der Waals surface area contributed by atoms with Crippen molar-refractivity contribution >= 4 is 0 Å². The lowest BCUT2D eigenvalue weighted by Gasteiger charge is -2.43. The Hall–Kier alpha value is 0. The molecule has 0 aromatic heterocycles. The van der Waals surface area contributed by atoms with Gasteiger partial charge in [0, 0.05) is 0 Å². The van der Waals surface area contributed by atoms with Crippen LogP contribution in [0.15, 0.2) is 0 Å². The lowest BCUT2D eigenvalue weighted by atomic mass is 9.62. The molecule has 0 aliphatic rings. The Morgan fingerprint density at radius 3 is 1.75 bits per heavy atom. The maximum atomic E-state index is 2.48. The van der Waals surface area contributed by atoms with E-state index in [1.807, 2.05) is 0 Å². The Bertz CT molecular complexity index is 182. The highest BCUT2D eigenvalue weighted by atomic mass is 14.4. The van der Waals surface area contributed by atoms with Gasteiger partial charge in [0.05, 0.1) is 0 Å². The Balaban J connectivity index is 4.68. The molecule has 16 heavy (non-hydrogen) atoms. The van der Waals surface area contributed by atoms with Crippen LogP contribution in [0.3, 0.4) is 0 Å². The average Bonchev–Trinajstić information content (AvgIpc) is 2.25. The monoisotopic (exact) mass is 226 g/mol. The summed E-state index contributed by atoms with van der Waals surface area (Å²) in [5.74, 6) is 3.31. The predicted octanol–water partition coefficient (Wildman–Crippen LogP) is 5.77. The smallest absolute Gasteiger partial charge is 0.0277 e. The van der Waals surface area contributed by atoms with Crippen LogP contribution in [-0.4, -0.2) is 0 Å². The van der Waals surface area contributed by atoms with Gasteiger partial charge in [-0.3, -0.25) is 0 Å². The van der Waals surface area contributed by atoms with Gasteiger partial charge in [0.2, 0.25) is 0 Å². The minimum Gasteiger partial charge on any atom is -0.0654 e. The van der Waals surface area contributed by atoms with Gasteiger partial charge in [-0.25, -0.2) is 0 Å². The third-order valence-electron chi connectivity index (χ3n) is 5.55. The molecule has 0 bridgehead atoms. The van der Waals surface area contributed by atoms with Crippen LogP contribution in [0.2, 0.25) is 0 Å². The van der Waals surface area contributed by atoms with E-state index in [2.05, 4.69) is 55.4 Å². The van der Waals surface area contributed by atoms with Crippen LogP contribution < -0.4 is 0 Å². The van der Waals surface area contributed by atoms with E-state index in [1.165, 1.54) is 19.3 Å². The summed E-state index contributed by atoms with van der Waals surface area (Å²) in [7, 11) is 0. The van der Waals surface area contributed by atoms with Gasteiger partial charge in [-0.15, -0.1) is 0 Å². The van der Waals surface area contributed by atoms with Crippen molar-refractivity contribution in [1.82, 2.24) is 0 Å². The van der Waals surface area contributed by atoms with Gasteiger partial charge in [-0.2, -0.15) is 0 Å². The Morgan fingerprint density at radius 1 is 0.938 bits per heavy atom. The van der Waals surface area contributed by atoms with E-state index in [0.29, 0.717) is 5.41 Å². The highest BCUT2D eigenvalue weighted by molar-refractivity contribution is 4.85. The van der Waals surface area contributed by atoms with E-state index in [4.69, 9.17) is 0 Å². The molecule has 0 rings (SSSR count). The molecule has 0 amide bonds. The fraction of sp³-hybridized carbons (Fsp3) is 1.00. The van der Waals surface area contributed by atoms with Crippen LogP contribution in [0, 0.1) is 29.1 Å². The molecule has 0 nitrogen and oxygen atoms in total. The van der Waals surface area contributed by atoms with E-state index in [-0.39, 0.29) is 0 Å². The lowest BCUT2D eigenvalue weighted by molar-refractivity contribution is 0.0560. The first kappa shape index (κ1) is 16.0. The third kappa shape index (κ3) is 3.50. The SMILES string of the molecule is CCCC(C)C(C)C(C)C(C)(CC)C(C)C. The van der Waals surface area contributed by atoms with Crippen LogP contribution in [0.1, 0.15) is 74.7 Å². The van der Waals surface area contributed by atoms with E-state index in [9.17, 15) is 0 Å². The van der Waals surface area contributed by atoms with Gasteiger partial charge in [0.25, 0.3) is 0 Å². The molecule has 0 heterocycles. The zero-order valence-corrected chi connectivity index (χ0v) is 12.9. The van der Waals surface area contributed by atoms with Crippen LogP contribution in [0.25, 0.3) is 0 Å². The van der Waals surface area contributed by atoms with E-state index >= 15 is 0 Å². The largest absolute Gasteiger partial charge is 0.0654 e. The minimum atomic E-state index is 0.501. The second-order valence-corrected chi connectivity index (χ2v) is 6.43. The molecular weight excluding hydrogens is 192 g/mol. The van der Waals surface area contributed by atoms with Crippen LogP contribution in [0.4, 0.5) is 0 Å². The summed E-state index contributed by atoms with van der Waals surface area (Å²) < 4.78 is 0. The molecule has 98 valence electrons. The normalized spacial score (nSPS) is 21.6. The van der Waals surface area contributed by atoms with Crippen molar-refractivity contribution in [1.29, 1.82) is 0 Å². The second kappa shape index (κ2) is 6.67. The summed E-state index contributed by atoms with van der Waals surface area (Å²) in [5.41, 5.74) is 0.501. The molecular formula is C16H34. The van der Waals surface area contributed by atoms with Crippen molar-refractivity contribution in [3.63, 3.8) is 0 Å². The van der Waals surface area contributed by atoms with Crippen molar-refractivity contribution < 1.29 is 0 Å². The fourth-order valence-electron chi connectivity index (χ4n) is 3.07. The Labute approximate surface area is 104 Å². The van der Waals surface area contributed by atoms with Crippen LogP contribution in [0.5, 0.6) is 0 Å². The topological polar surface area (TPSA) is 0 Å². The molecule has 0 radical (unpaired) electrons. The number of hydrogen-bond donors (Lipinski definition) is 0. The van der Waals surface area contributed by atoms with E-state index < -0.39 is 0 Å². The first-order valence-electron chi connectivity index (χ1n) is 7.31. The molecule has 0 heteroatoms. The molecule has 0 N–H and O–H groups in total. The Kier molecular flexibility index (Phi) is 6.67. The van der Waals surface area contributed by atoms with Gasteiger partial charge >= 0.3 is 0 Å². The fourth-order valence-corrected chi connectivity index (χ4v) is 3.07. The quantitative estimate of drug-likeness (QED) is 0.517. The molecule has 0 spiro atoms. The molecule has 0 saturated carbocycles. The standard InChI is InChI=1S/C16H34/c1-9-11-13(5)14(6)15(7)16(8,10-2)12(3)4/h12-15H,9-11H2,1-8H3. The van der Waals surface area contributed by atoms with Gasteiger partial charge in [0.15, 0.2) is 0 Å². The van der Waals surface area contributed by atoms with Gasteiger partial charge in [-0.1, -0.05) is 74.7 Å². The molecule has 0 aliphatic carbocycles. The van der Waals surface area contributed by atoms with E-state index in [0.717, 1.165) is 23.7 Å². The summed E-state index contributed by atoms with van der Waals surface area (Å²) in [5, 5.41) is 0. The molecule has 4 atom stereocenters. The van der Waals surface area contributed by atoms with Gasteiger partial charge in [0.1, 0.15) is 0 Å². The highest BCUT2D eigenvalue weighted by Gasteiger charge is 2.36. The molecule has 0 saturated heterocycles. The average molecular weight is 226 g/mol. The molecule has 0 fully saturated rings. The maximum absolute atomic E-state index is 2.48. The first-order valence-corrected chi connectivity index (χ1v) is 7.31. The first-order chi connectivity index (χ1) is 7.31. The number of rotatable bonds is 7. The molecule has 0 aromatic rings. The summed E-state index contributed by atoms with van der Waals surface area (Å²) in [4.78, 5) is 0. The van der Waals surface area contributed by atoms with Crippen LogP contribution >= 0.6 is 0 Å². The summed E-state index contributed by atoms with van der Waals surface area (Å²) in [6.45, 7) is 19.3. The maximum Gasteiger partial charge on any atom is -0.0277 e. The Morgan fingerprint density at radius 2 is 1.44 bits per heavy atom. The molecule has 0 aliphatic heterocycles. The highest BCUT2D eigenvalue weighted by Crippen LogP contribution is 2.44. The van der Waals surface area contributed by atoms with Gasteiger partial charge in [-0.05, 0) is 29.1 Å². The lowest BCUT2D eigenvalue weighted by Crippen LogP contribution is -2.36. The van der Waals surface area contributed by atoms with Crippen LogP contribution in [-0.2, 0) is 0 Å². The van der Waals surface area contributed by atoms with Crippen molar-refractivity contribution in [3.05, 3.63) is 0 Å². The minimum absolute atomic E-state index is 0.501. The molecule has 0 aromatic carbocycles. The summed E-state index contributed by atoms with van der Waals surface area (Å²) in [6.07, 6.45) is 4.00. The zero-order chi connectivity index (χ0) is 12.9. The van der Waals surface area contributed by atoms with Crippen molar-refractivity contribution in [2.75, 3.05) is 0 Å². The summed E-state index contributed by atoms with van der Waals surface area (Å²) in [6, 6.07) is 0. The van der Waals surface area contributed by atoms with Crippen molar-refractivity contribution in [2.24, 2.45) is 29.1 Å². The number of hydrogen-bond acceptors (Lipinski definition) is 0. The predicted molar refractivity (Wildman–Crippen MR) is 75.6 cm³/mol.